The summed E-state index contributed by atoms with van der Waals surface area (Å²) in [5, 5.41) is 8.76. The van der Waals surface area contributed by atoms with E-state index in [9.17, 15) is 4.79 Å². The number of carbonyl (C=O) groups excluding carboxylic acids is 1. The summed E-state index contributed by atoms with van der Waals surface area (Å²) in [6, 6.07) is 3.48. The number of carbonyl (C=O) groups is 1. The van der Waals surface area contributed by atoms with Crippen molar-refractivity contribution in [1.29, 1.82) is 5.26 Å². The molecule has 0 radical (unpaired) electrons. The summed E-state index contributed by atoms with van der Waals surface area (Å²) in [5.41, 5.74) is 0.238. The predicted molar refractivity (Wildman–Crippen MR) is 59.1 cm³/mol. The molecule has 0 fully saturated rings. The molecule has 0 saturated heterocycles. The van der Waals surface area contributed by atoms with Crippen LogP contribution in [0.1, 0.15) is 6.92 Å². The van der Waals surface area contributed by atoms with Gasteiger partial charge in [-0.2, -0.15) is 5.26 Å². The third-order valence-corrected chi connectivity index (χ3v) is 1.83. The molecule has 0 aromatic carbocycles. The number of aromatic nitrogens is 2. The summed E-state index contributed by atoms with van der Waals surface area (Å²) in [5.74, 6) is -0.683. The maximum Gasteiger partial charge on any atom is 0.350 e. The molecular weight excluding hydrogens is 220 g/mol. The molecule has 1 aromatic rings. The van der Waals surface area contributed by atoms with Crippen LogP contribution >= 0.6 is 0 Å². The number of nitrogens with zero attached hydrogens (tertiary/aromatic N) is 4. The fraction of sp³-hybridized carbons (Fsp3) is 0.273. The van der Waals surface area contributed by atoms with Gasteiger partial charge in [-0.05, 0) is 13.0 Å². The first kappa shape index (κ1) is 12.6. The summed E-state index contributed by atoms with van der Waals surface area (Å²) < 4.78 is 6.36. The minimum atomic E-state index is -0.683. The highest BCUT2D eigenvalue weighted by Gasteiger charge is 2.08. The Morgan fingerprint density at radius 1 is 1.76 bits per heavy atom. The topological polar surface area (TPSA) is 80.3 Å². The Balaban J connectivity index is 3.04. The quantitative estimate of drug-likeness (QED) is 0.426. The van der Waals surface area contributed by atoms with Gasteiger partial charge in [0.25, 0.3) is 0 Å². The number of hydrogen-bond donors (Lipinski definition) is 0. The second kappa shape index (κ2) is 6.23. The van der Waals surface area contributed by atoms with Crippen LogP contribution in [0.25, 0.3) is 0 Å². The zero-order valence-electron chi connectivity index (χ0n) is 9.62. The van der Waals surface area contributed by atoms with Crippen molar-refractivity contribution in [3.63, 3.8) is 0 Å². The van der Waals surface area contributed by atoms with E-state index in [1.807, 2.05) is 0 Å². The van der Waals surface area contributed by atoms with Gasteiger partial charge in [0.2, 0.25) is 5.62 Å². The van der Waals surface area contributed by atoms with Crippen LogP contribution in [0.3, 0.4) is 0 Å². The zero-order chi connectivity index (χ0) is 12.7. The first-order chi connectivity index (χ1) is 8.19. The van der Waals surface area contributed by atoms with E-state index in [1.54, 1.807) is 43.1 Å². The smallest absolute Gasteiger partial charge is 0.350 e. The molecule has 0 N–H and O–H groups in total. The number of ether oxygens (including phenoxy) is 1. The average Bonchev–Trinajstić information content (AvgIpc) is 2.32. The lowest BCUT2D eigenvalue weighted by Crippen LogP contribution is -2.19. The van der Waals surface area contributed by atoms with Crippen molar-refractivity contribution in [2.75, 3.05) is 6.61 Å². The van der Waals surface area contributed by atoms with Gasteiger partial charge in [-0.3, -0.25) is 0 Å². The lowest BCUT2D eigenvalue weighted by Gasteiger charge is -1.98. The number of hydrogen-bond acceptors (Lipinski definition) is 5. The molecule has 0 aliphatic carbocycles. The van der Waals surface area contributed by atoms with Crippen LogP contribution in [0.15, 0.2) is 35.2 Å². The van der Waals surface area contributed by atoms with Crippen molar-refractivity contribution in [2.24, 2.45) is 12.0 Å². The summed E-state index contributed by atoms with van der Waals surface area (Å²) in [7, 11) is 1.76. The van der Waals surface area contributed by atoms with E-state index in [-0.39, 0.29) is 12.2 Å². The average molecular weight is 232 g/mol. The van der Waals surface area contributed by atoms with Crippen LogP contribution in [0.2, 0.25) is 0 Å². The van der Waals surface area contributed by atoms with E-state index in [1.165, 1.54) is 0 Å². The molecule has 1 aromatic heterocycles. The number of aryl methyl sites for hydroxylation is 1. The summed E-state index contributed by atoms with van der Waals surface area (Å²) in [4.78, 5) is 19.2. The van der Waals surface area contributed by atoms with Gasteiger partial charge in [0.15, 0.2) is 5.57 Å². The number of nitriles is 1. The monoisotopic (exact) mass is 232 g/mol. The first-order valence-electron chi connectivity index (χ1n) is 4.98. The summed E-state index contributed by atoms with van der Waals surface area (Å²) in [6.07, 6.45) is 4.49. The molecule has 0 saturated carbocycles. The van der Waals surface area contributed by atoms with Crippen molar-refractivity contribution >= 4 is 5.97 Å². The molecular formula is C11H12N4O2. The highest BCUT2D eigenvalue weighted by Crippen LogP contribution is 1.96. The third kappa shape index (κ3) is 3.57. The van der Waals surface area contributed by atoms with Crippen molar-refractivity contribution in [1.82, 2.24) is 9.55 Å². The lowest BCUT2D eigenvalue weighted by atomic mass is 10.3. The fourth-order valence-corrected chi connectivity index (χ4v) is 1.02. The van der Waals surface area contributed by atoms with Crippen LogP contribution in [0, 0.1) is 11.3 Å². The van der Waals surface area contributed by atoms with E-state index in [0.29, 0.717) is 5.62 Å². The van der Waals surface area contributed by atoms with Crippen LogP contribution in [0.4, 0.5) is 0 Å². The van der Waals surface area contributed by atoms with Gasteiger partial charge in [0.1, 0.15) is 6.07 Å². The minimum Gasteiger partial charge on any atom is -0.462 e. The molecule has 6 nitrogen and oxygen atoms in total. The van der Waals surface area contributed by atoms with Crippen LogP contribution < -0.4 is 5.62 Å². The van der Waals surface area contributed by atoms with Crippen LogP contribution in [-0.4, -0.2) is 22.1 Å². The minimum absolute atomic E-state index is 0.155. The molecule has 88 valence electrons. The van der Waals surface area contributed by atoms with E-state index in [4.69, 9.17) is 10.00 Å². The number of esters is 1. The van der Waals surface area contributed by atoms with Crippen LogP contribution in [0.5, 0.6) is 0 Å². The van der Waals surface area contributed by atoms with E-state index in [2.05, 4.69) is 9.98 Å². The zero-order valence-corrected chi connectivity index (χ0v) is 9.62. The van der Waals surface area contributed by atoms with Gasteiger partial charge in [-0.15, -0.1) is 0 Å². The van der Waals surface area contributed by atoms with Gasteiger partial charge < -0.3 is 9.30 Å². The molecule has 0 atom stereocenters. The Labute approximate surface area is 98.5 Å². The molecule has 0 bridgehead atoms. The van der Waals surface area contributed by atoms with Gasteiger partial charge >= 0.3 is 5.97 Å². The van der Waals surface area contributed by atoms with E-state index in [0.717, 1.165) is 6.20 Å². The number of rotatable bonds is 3. The third-order valence-electron chi connectivity index (χ3n) is 1.83. The Bertz CT molecular complexity index is 537. The Kier molecular flexibility index (Phi) is 4.63. The van der Waals surface area contributed by atoms with Gasteiger partial charge in [0, 0.05) is 19.4 Å². The van der Waals surface area contributed by atoms with Crippen molar-refractivity contribution in [2.45, 2.75) is 6.92 Å². The second-order valence-electron chi connectivity index (χ2n) is 3.03. The molecule has 0 aliphatic rings. The molecule has 0 aliphatic heterocycles. The molecule has 1 heterocycles. The molecule has 0 spiro atoms. The first-order valence-corrected chi connectivity index (χ1v) is 4.98. The highest BCUT2D eigenvalue weighted by atomic mass is 16.5. The standard InChI is InChI=1S/C11H12N4O2/c1-3-17-10(16)9(7-12)8-14-11-13-5-4-6-15(11)2/h4-6,8H,3H2,1-2H3/b9-8+,14-11?. The van der Waals surface area contributed by atoms with Gasteiger partial charge in [-0.25, -0.2) is 14.8 Å². The largest absolute Gasteiger partial charge is 0.462 e. The summed E-state index contributed by atoms with van der Waals surface area (Å²) >= 11 is 0. The van der Waals surface area contributed by atoms with Gasteiger partial charge in [-0.1, -0.05) is 0 Å². The SMILES string of the molecule is CCOC(=O)/C(C#N)=C/N=c1ncccn1C. The van der Waals surface area contributed by atoms with Crippen LogP contribution in [-0.2, 0) is 16.6 Å². The van der Waals surface area contributed by atoms with Crippen molar-refractivity contribution in [3.8, 4) is 6.07 Å². The molecule has 17 heavy (non-hydrogen) atoms. The second-order valence-corrected chi connectivity index (χ2v) is 3.03. The van der Waals surface area contributed by atoms with Crippen molar-refractivity contribution in [3.05, 3.63) is 35.9 Å². The van der Waals surface area contributed by atoms with E-state index < -0.39 is 5.97 Å². The molecule has 0 unspecified atom stereocenters. The van der Waals surface area contributed by atoms with Gasteiger partial charge in [0.05, 0.1) is 12.8 Å². The lowest BCUT2D eigenvalue weighted by molar-refractivity contribution is -0.138. The predicted octanol–water partition coefficient (Wildman–Crippen LogP) is 0.291. The molecule has 6 heteroatoms. The normalized spacial score (nSPS) is 12.1. The Morgan fingerprint density at radius 2 is 2.53 bits per heavy atom. The Hall–Kier alpha value is -2.42. The highest BCUT2D eigenvalue weighted by molar-refractivity contribution is 5.92. The fourth-order valence-electron chi connectivity index (χ4n) is 1.02. The Morgan fingerprint density at radius 3 is 3.12 bits per heavy atom. The maximum atomic E-state index is 11.3. The van der Waals surface area contributed by atoms with E-state index >= 15 is 0 Å². The molecule has 0 amide bonds. The molecule has 1 rings (SSSR count). The van der Waals surface area contributed by atoms with Crippen molar-refractivity contribution < 1.29 is 9.53 Å². The maximum absolute atomic E-state index is 11.3. The summed E-state index contributed by atoms with van der Waals surface area (Å²) in [6.45, 7) is 1.89.